The molecule has 2 amide bonds. The fourth-order valence-corrected chi connectivity index (χ4v) is 4.42. The molecule has 0 N–H and O–H groups in total. The zero-order valence-electron chi connectivity index (χ0n) is 18.0. The fourth-order valence-electron chi connectivity index (χ4n) is 4.42. The van der Waals surface area contributed by atoms with Crippen molar-refractivity contribution in [2.45, 2.75) is 32.4 Å². The summed E-state index contributed by atoms with van der Waals surface area (Å²) in [7, 11) is 1.62. The summed E-state index contributed by atoms with van der Waals surface area (Å²) >= 11 is 0. The van der Waals surface area contributed by atoms with Crippen LogP contribution in [0.25, 0.3) is 0 Å². The Balaban J connectivity index is 1.88. The molecule has 3 aromatic carbocycles. The van der Waals surface area contributed by atoms with E-state index in [0.29, 0.717) is 17.7 Å². The molecule has 31 heavy (non-hydrogen) atoms. The summed E-state index contributed by atoms with van der Waals surface area (Å²) in [5.41, 5.74) is 3.19. The molecule has 5 nitrogen and oxygen atoms in total. The number of carbonyl (C=O) groups excluding carboxylic acids is 2. The van der Waals surface area contributed by atoms with Gasteiger partial charge < -0.3 is 14.5 Å². The molecule has 1 aliphatic rings. The van der Waals surface area contributed by atoms with E-state index >= 15 is 0 Å². The zero-order valence-corrected chi connectivity index (χ0v) is 18.0. The van der Waals surface area contributed by atoms with E-state index in [4.69, 9.17) is 4.74 Å². The highest BCUT2D eigenvalue weighted by molar-refractivity contribution is 6.07. The van der Waals surface area contributed by atoms with Crippen molar-refractivity contribution in [3.05, 3.63) is 90.0 Å². The lowest BCUT2D eigenvalue weighted by molar-refractivity contribution is -0.117. The van der Waals surface area contributed by atoms with Crippen LogP contribution in [-0.4, -0.2) is 25.0 Å². The summed E-state index contributed by atoms with van der Waals surface area (Å²) in [6, 6.07) is 24.4. The van der Waals surface area contributed by atoms with Crippen LogP contribution in [0.4, 0.5) is 11.4 Å². The van der Waals surface area contributed by atoms with Gasteiger partial charge in [0.25, 0.3) is 5.91 Å². The van der Waals surface area contributed by atoms with Crippen molar-refractivity contribution in [2.24, 2.45) is 0 Å². The third kappa shape index (κ3) is 3.91. The quantitative estimate of drug-likeness (QED) is 0.587. The number of nitrogens with zero attached hydrogens (tertiary/aromatic N) is 2. The highest BCUT2D eigenvalue weighted by Crippen LogP contribution is 2.43. The second kappa shape index (κ2) is 8.64. The summed E-state index contributed by atoms with van der Waals surface area (Å²) in [6.07, 6.45) is 0.631. The molecule has 5 heteroatoms. The number of fused-ring (bicyclic) bond motifs is 1. The molecule has 0 aromatic heterocycles. The average molecular weight is 415 g/mol. The monoisotopic (exact) mass is 414 g/mol. The first kappa shape index (κ1) is 20.7. The number of anilines is 2. The first-order valence-electron chi connectivity index (χ1n) is 10.4. The van der Waals surface area contributed by atoms with Crippen molar-refractivity contribution in [3.8, 4) is 5.75 Å². The fraction of sp³-hybridized carbons (Fsp3) is 0.231. The Morgan fingerprint density at radius 1 is 0.968 bits per heavy atom. The number of amides is 2. The van der Waals surface area contributed by atoms with E-state index in [-0.39, 0.29) is 23.9 Å². The molecule has 3 aromatic rings. The lowest BCUT2D eigenvalue weighted by Gasteiger charge is -2.43. The summed E-state index contributed by atoms with van der Waals surface area (Å²) < 4.78 is 5.43. The number of ether oxygens (including phenoxy) is 1. The van der Waals surface area contributed by atoms with Gasteiger partial charge in [0.2, 0.25) is 5.91 Å². The largest absolute Gasteiger partial charge is 0.497 e. The highest BCUT2D eigenvalue weighted by atomic mass is 16.5. The van der Waals surface area contributed by atoms with Crippen molar-refractivity contribution in [2.75, 3.05) is 16.9 Å². The van der Waals surface area contributed by atoms with E-state index in [2.05, 4.69) is 0 Å². The lowest BCUT2D eigenvalue weighted by atomic mass is 9.89. The number of carbonyl (C=O) groups is 2. The Bertz CT molecular complexity index is 1100. The van der Waals surface area contributed by atoms with E-state index in [0.717, 1.165) is 16.9 Å². The molecule has 158 valence electrons. The molecule has 0 spiro atoms. The third-order valence-corrected chi connectivity index (χ3v) is 5.78. The second-order valence-corrected chi connectivity index (χ2v) is 7.79. The molecule has 0 bridgehead atoms. The second-order valence-electron chi connectivity index (χ2n) is 7.79. The van der Waals surface area contributed by atoms with Crippen LogP contribution < -0.4 is 14.5 Å². The topological polar surface area (TPSA) is 49.9 Å². The van der Waals surface area contributed by atoms with Crippen LogP contribution in [0.5, 0.6) is 5.75 Å². The van der Waals surface area contributed by atoms with Gasteiger partial charge in [-0.25, -0.2) is 0 Å². The molecule has 2 atom stereocenters. The van der Waals surface area contributed by atoms with Gasteiger partial charge in [-0.05, 0) is 49.2 Å². The SMILES string of the molecule is COc1cccc(N(C(=O)c2ccccc2)[C@@H]2C[C@H](C)N(C(C)=O)c3ccccc32)c1. The molecule has 0 fully saturated rings. The molecule has 1 aliphatic heterocycles. The molecule has 0 saturated heterocycles. The van der Waals surface area contributed by atoms with Gasteiger partial charge in [0, 0.05) is 36.0 Å². The molecule has 1 heterocycles. The van der Waals surface area contributed by atoms with Crippen molar-refractivity contribution in [3.63, 3.8) is 0 Å². The molecule has 0 unspecified atom stereocenters. The minimum absolute atomic E-state index is 0.000663. The Hall–Kier alpha value is -3.60. The smallest absolute Gasteiger partial charge is 0.258 e. The molecular weight excluding hydrogens is 388 g/mol. The van der Waals surface area contributed by atoms with E-state index in [9.17, 15) is 9.59 Å². The highest BCUT2D eigenvalue weighted by Gasteiger charge is 2.38. The maximum atomic E-state index is 13.8. The van der Waals surface area contributed by atoms with Crippen LogP contribution in [0, 0.1) is 0 Å². The van der Waals surface area contributed by atoms with Crippen LogP contribution in [-0.2, 0) is 4.79 Å². The Kier molecular flexibility index (Phi) is 5.76. The predicted octanol–water partition coefficient (Wildman–Crippen LogP) is 5.23. The van der Waals surface area contributed by atoms with E-state index in [1.54, 1.807) is 14.0 Å². The van der Waals surface area contributed by atoms with E-state index in [1.165, 1.54) is 0 Å². The number of methoxy groups -OCH3 is 1. The van der Waals surface area contributed by atoms with Gasteiger partial charge in [0.15, 0.2) is 0 Å². The molecule has 4 rings (SSSR count). The molecule has 0 aliphatic carbocycles. The first-order chi connectivity index (χ1) is 15.0. The number of rotatable bonds is 4. The minimum atomic E-state index is -0.221. The molecule has 0 saturated carbocycles. The van der Waals surface area contributed by atoms with Gasteiger partial charge in [0.05, 0.1) is 13.2 Å². The number of hydrogen-bond donors (Lipinski definition) is 0. The maximum absolute atomic E-state index is 13.8. The summed E-state index contributed by atoms with van der Waals surface area (Å²) in [5, 5.41) is 0. The summed E-state index contributed by atoms with van der Waals surface area (Å²) in [6.45, 7) is 3.61. The van der Waals surface area contributed by atoms with Gasteiger partial charge in [-0.2, -0.15) is 0 Å². The van der Waals surface area contributed by atoms with Crippen molar-refractivity contribution in [1.29, 1.82) is 0 Å². The van der Waals surface area contributed by atoms with Gasteiger partial charge in [-0.1, -0.05) is 42.5 Å². The Labute approximate surface area is 182 Å². The van der Waals surface area contributed by atoms with Crippen molar-refractivity contribution in [1.82, 2.24) is 0 Å². The van der Waals surface area contributed by atoms with Crippen LogP contribution >= 0.6 is 0 Å². The maximum Gasteiger partial charge on any atom is 0.258 e. The number of hydrogen-bond acceptors (Lipinski definition) is 3. The Morgan fingerprint density at radius 3 is 2.39 bits per heavy atom. The lowest BCUT2D eigenvalue weighted by Crippen LogP contribution is -2.47. The van der Waals surface area contributed by atoms with Gasteiger partial charge >= 0.3 is 0 Å². The minimum Gasteiger partial charge on any atom is -0.497 e. The molecule has 0 radical (unpaired) electrons. The van der Waals surface area contributed by atoms with E-state index < -0.39 is 0 Å². The van der Waals surface area contributed by atoms with E-state index in [1.807, 2.05) is 95.6 Å². The third-order valence-electron chi connectivity index (χ3n) is 5.78. The standard InChI is InChI=1S/C26H26N2O3/c1-18-16-25(23-14-7-8-15-24(23)27(18)19(2)29)28(21-12-9-13-22(17-21)31-3)26(30)20-10-5-4-6-11-20/h4-15,17-18,25H,16H2,1-3H3/t18-,25+/m0/s1. The van der Waals surface area contributed by atoms with Crippen LogP contribution in [0.1, 0.15) is 42.2 Å². The van der Waals surface area contributed by atoms with Crippen molar-refractivity contribution >= 4 is 23.2 Å². The van der Waals surface area contributed by atoms with Gasteiger partial charge in [-0.3, -0.25) is 9.59 Å². The Morgan fingerprint density at radius 2 is 1.68 bits per heavy atom. The summed E-state index contributed by atoms with van der Waals surface area (Å²) in [4.78, 5) is 29.8. The number of benzene rings is 3. The van der Waals surface area contributed by atoms with Gasteiger partial charge in [0.1, 0.15) is 5.75 Å². The average Bonchev–Trinajstić information content (AvgIpc) is 2.79. The van der Waals surface area contributed by atoms with Gasteiger partial charge in [-0.15, -0.1) is 0 Å². The molecular formula is C26H26N2O3. The van der Waals surface area contributed by atoms with Crippen molar-refractivity contribution < 1.29 is 14.3 Å². The van der Waals surface area contributed by atoms with Crippen LogP contribution in [0.2, 0.25) is 0 Å². The van der Waals surface area contributed by atoms with Crippen LogP contribution in [0.3, 0.4) is 0 Å². The first-order valence-corrected chi connectivity index (χ1v) is 10.4. The normalized spacial score (nSPS) is 17.6. The number of para-hydroxylation sites is 1. The zero-order chi connectivity index (χ0) is 22.0. The summed E-state index contributed by atoms with van der Waals surface area (Å²) in [5.74, 6) is 0.601. The predicted molar refractivity (Wildman–Crippen MR) is 123 cm³/mol. The van der Waals surface area contributed by atoms with Crippen LogP contribution in [0.15, 0.2) is 78.9 Å².